The first-order chi connectivity index (χ1) is 7.45. The van der Waals surface area contributed by atoms with Crippen LogP contribution in [0.4, 0.5) is 5.95 Å². The number of hydrogen-bond acceptors (Lipinski definition) is 4. The van der Waals surface area contributed by atoms with E-state index >= 15 is 0 Å². The third kappa shape index (κ3) is 1.61. The molecule has 1 fully saturated rings. The topological polar surface area (TPSA) is 54.8 Å². The van der Waals surface area contributed by atoms with Crippen molar-refractivity contribution in [3.63, 3.8) is 0 Å². The second kappa shape index (κ2) is 3.81. The first kappa shape index (κ1) is 9.15. The molecular formula is C10H17N5. The van der Waals surface area contributed by atoms with Gasteiger partial charge in [-0.1, -0.05) is 0 Å². The summed E-state index contributed by atoms with van der Waals surface area (Å²) >= 11 is 0. The summed E-state index contributed by atoms with van der Waals surface area (Å²) in [6.45, 7) is 4.33. The van der Waals surface area contributed by atoms with Crippen LogP contribution in [0.3, 0.4) is 0 Å². The highest BCUT2D eigenvalue weighted by Crippen LogP contribution is 2.26. The summed E-state index contributed by atoms with van der Waals surface area (Å²) in [5.74, 6) is 2.76. The Morgan fingerprint density at radius 1 is 1.13 bits per heavy atom. The van der Waals surface area contributed by atoms with Gasteiger partial charge in [0.05, 0.1) is 0 Å². The van der Waals surface area contributed by atoms with E-state index in [4.69, 9.17) is 0 Å². The molecule has 2 aliphatic rings. The van der Waals surface area contributed by atoms with Gasteiger partial charge in [-0.3, -0.25) is 4.57 Å². The van der Waals surface area contributed by atoms with Crippen LogP contribution in [0.2, 0.25) is 0 Å². The van der Waals surface area contributed by atoms with Crippen molar-refractivity contribution >= 4 is 5.95 Å². The minimum absolute atomic E-state index is 0.604. The maximum Gasteiger partial charge on any atom is 0.224 e. The molecule has 0 unspecified atom stereocenters. The number of nitrogens with one attached hydrogen (secondary N) is 2. The molecule has 3 heterocycles. The fourth-order valence-electron chi connectivity index (χ4n) is 2.49. The summed E-state index contributed by atoms with van der Waals surface area (Å²) < 4.78 is 2.26. The maximum atomic E-state index is 4.34. The predicted molar refractivity (Wildman–Crippen MR) is 58.0 cm³/mol. The third-order valence-electron chi connectivity index (χ3n) is 3.33. The van der Waals surface area contributed by atoms with E-state index in [0.717, 1.165) is 32.1 Å². The zero-order valence-corrected chi connectivity index (χ0v) is 8.87. The Hall–Kier alpha value is -1.10. The highest BCUT2D eigenvalue weighted by atomic mass is 15.4. The van der Waals surface area contributed by atoms with Crippen LogP contribution in [0, 0.1) is 0 Å². The molecule has 2 aliphatic heterocycles. The van der Waals surface area contributed by atoms with Crippen LogP contribution < -0.4 is 10.6 Å². The third-order valence-corrected chi connectivity index (χ3v) is 3.33. The first-order valence-corrected chi connectivity index (χ1v) is 5.83. The van der Waals surface area contributed by atoms with Gasteiger partial charge in [0.1, 0.15) is 5.82 Å². The fraction of sp³-hybridized carbons (Fsp3) is 0.800. The molecule has 15 heavy (non-hydrogen) atoms. The minimum Gasteiger partial charge on any atom is -0.354 e. The van der Waals surface area contributed by atoms with E-state index in [1.165, 1.54) is 25.1 Å². The Kier molecular flexibility index (Phi) is 2.32. The summed E-state index contributed by atoms with van der Waals surface area (Å²) in [7, 11) is 0. The number of rotatable bonds is 1. The van der Waals surface area contributed by atoms with E-state index in [-0.39, 0.29) is 0 Å². The summed E-state index contributed by atoms with van der Waals surface area (Å²) in [4.78, 5) is 0. The van der Waals surface area contributed by atoms with Gasteiger partial charge >= 0.3 is 0 Å². The van der Waals surface area contributed by atoms with Crippen molar-refractivity contribution in [3.05, 3.63) is 5.82 Å². The van der Waals surface area contributed by atoms with Gasteiger partial charge in [-0.25, -0.2) is 0 Å². The molecular weight excluding hydrogens is 190 g/mol. The maximum absolute atomic E-state index is 4.34. The van der Waals surface area contributed by atoms with Crippen LogP contribution in [0.15, 0.2) is 0 Å². The predicted octanol–water partition coefficient (Wildman–Crippen LogP) is 0.561. The molecule has 3 rings (SSSR count). The number of hydrogen-bond donors (Lipinski definition) is 2. The quantitative estimate of drug-likeness (QED) is 0.706. The smallest absolute Gasteiger partial charge is 0.224 e. The van der Waals surface area contributed by atoms with Gasteiger partial charge in [-0.15, -0.1) is 10.2 Å². The molecule has 1 aromatic rings. The molecule has 0 amide bonds. The van der Waals surface area contributed by atoms with Gasteiger partial charge in [0.2, 0.25) is 5.95 Å². The number of aromatic nitrogens is 3. The lowest BCUT2D eigenvalue weighted by Gasteiger charge is -2.24. The Balaban J connectivity index is 1.87. The van der Waals surface area contributed by atoms with Crippen molar-refractivity contribution in [2.75, 3.05) is 25.0 Å². The molecule has 5 heteroatoms. The second-order valence-corrected chi connectivity index (χ2v) is 4.34. The minimum atomic E-state index is 0.604. The average Bonchev–Trinajstić information content (AvgIpc) is 2.74. The molecule has 82 valence electrons. The van der Waals surface area contributed by atoms with Crippen molar-refractivity contribution in [2.24, 2.45) is 0 Å². The Labute approximate surface area is 89.3 Å². The van der Waals surface area contributed by atoms with E-state index in [9.17, 15) is 0 Å². The van der Waals surface area contributed by atoms with E-state index in [2.05, 4.69) is 25.4 Å². The number of fused-ring (bicyclic) bond motifs is 1. The summed E-state index contributed by atoms with van der Waals surface area (Å²) in [5.41, 5.74) is 0. The zero-order chi connectivity index (χ0) is 10.1. The molecule has 1 aromatic heterocycles. The molecule has 0 spiro atoms. The Morgan fingerprint density at radius 3 is 2.87 bits per heavy atom. The SMILES string of the molecule is C1CNc2nnc(C3CCNCC3)n2C1. The van der Waals surface area contributed by atoms with E-state index in [0.29, 0.717) is 5.92 Å². The van der Waals surface area contributed by atoms with Gasteiger partial charge in [0, 0.05) is 19.0 Å². The molecule has 2 N–H and O–H groups in total. The number of nitrogens with zero attached hydrogens (tertiary/aromatic N) is 3. The van der Waals surface area contributed by atoms with Crippen molar-refractivity contribution < 1.29 is 0 Å². The monoisotopic (exact) mass is 207 g/mol. The standard InChI is InChI=1S/C10H17N5/c1-4-12-10-14-13-9(15(10)7-1)8-2-5-11-6-3-8/h8,11H,1-7H2,(H,12,14). The van der Waals surface area contributed by atoms with E-state index < -0.39 is 0 Å². The summed E-state index contributed by atoms with van der Waals surface area (Å²) in [5, 5.41) is 15.2. The van der Waals surface area contributed by atoms with E-state index in [1.54, 1.807) is 0 Å². The lowest BCUT2D eigenvalue weighted by molar-refractivity contribution is 0.426. The van der Waals surface area contributed by atoms with Crippen LogP contribution in [-0.4, -0.2) is 34.4 Å². The molecule has 0 aliphatic carbocycles. The average molecular weight is 207 g/mol. The highest BCUT2D eigenvalue weighted by molar-refractivity contribution is 5.28. The van der Waals surface area contributed by atoms with Gasteiger partial charge in [0.25, 0.3) is 0 Å². The van der Waals surface area contributed by atoms with Crippen molar-refractivity contribution in [1.29, 1.82) is 0 Å². The van der Waals surface area contributed by atoms with Gasteiger partial charge in [0.15, 0.2) is 0 Å². The van der Waals surface area contributed by atoms with Crippen LogP contribution in [0.5, 0.6) is 0 Å². The van der Waals surface area contributed by atoms with Gasteiger partial charge in [-0.05, 0) is 32.4 Å². The second-order valence-electron chi connectivity index (χ2n) is 4.34. The molecule has 0 bridgehead atoms. The lowest BCUT2D eigenvalue weighted by atomic mass is 9.97. The summed E-state index contributed by atoms with van der Waals surface area (Å²) in [6.07, 6.45) is 3.57. The van der Waals surface area contributed by atoms with E-state index in [1.807, 2.05) is 0 Å². The number of anilines is 1. The number of piperidine rings is 1. The normalized spacial score (nSPS) is 22.1. The largest absolute Gasteiger partial charge is 0.354 e. The van der Waals surface area contributed by atoms with Crippen molar-refractivity contribution in [2.45, 2.75) is 31.7 Å². The molecule has 0 atom stereocenters. The zero-order valence-electron chi connectivity index (χ0n) is 8.87. The van der Waals surface area contributed by atoms with Crippen LogP contribution >= 0.6 is 0 Å². The molecule has 0 radical (unpaired) electrons. The van der Waals surface area contributed by atoms with Gasteiger partial charge in [-0.2, -0.15) is 0 Å². The van der Waals surface area contributed by atoms with Crippen molar-refractivity contribution in [3.8, 4) is 0 Å². The molecule has 0 aromatic carbocycles. The Bertz CT molecular complexity index is 340. The molecule has 5 nitrogen and oxygen atoms in total. The van der Waals surface area contributed by atoms with Crippen molar-refractivity contribution in [1.82, 2.24) is 20.1 Å². The van der Waals surface area contributed by atoms with Crippen LogP contribution in [0.1, 0.15) is 31.0 Å². The van der Waals surface area contributed by atoms with Gasteiger partial charge < -0.3 is 10.6 Å². The molecule has 0 saturated carbocycles. The fourth-order valence-corrected chi connectivity index (χ4v) is 2.49. The molecule has 1 saturated heterocycles. The lowest BCUT2D eigenvalue weighted by Crippen LogP contribution is -2.29. The summed E-state index contributed by atoms with van der Waals surface area (Å²) in [6, 6.07) is 0. The Morgan fingerprint density at radius 2 is 2.00 bits per heavy atom. The van der Waals surface area contributed by atoms with Crippen LogP contribution in [0.25, 0.3) is 0 Å². The van der Waals surface area contributed by atoms with Crippen LogP contribution in [-0.2, 0) is 6.54 Å². The highest BCUT2D eigenvalue weighted by Gasteiger charge is 2.23. The first-order valence-electron chi connectivity index (χ1n) is 5.83.